The van der Waals surface area contributed by atoms with Crippen molar-refractivity contribution in [1.29, 1.82) is 0 Å². The smallest absolute Gasteiger partial charge is 0.145 e. The van der Waals surface area contributed by atoms with Gasteiger partial charge in [-0.25, -0.2) is 4.98 Å². The fraction of sp³-hybridized carbons (Fsp3) is 0. The lowest BCUT2D eigenvalue weighted by atomic mass is 9.59. The fourth-order valence-electron chi connectivity index (χ4n) is 9.20. The van der Waals surface area contributed by atoms with E-state index in [1.807, 2.05) is 114 Å². The van der Waals surface area contributed by atoms with Crippen molar-refractivity contribution in [2.45, 2.75) is 0 Å². The fourth-order valence-corrected chi connectivity index (χ4v) is 9.20. The highest BCUT2D eigenvalue weighted by molar-refractivity contribution is 6.72. The van der Waals surface area contributed by atoms with Crippen LogP contribution in [0.25, 0.3) is 94.2 Å². The molecule has 66 heavy (non-hydrogen) atoms. The van der Waals surface area contributed by atoms with Crippen molar-refractivity contribution in [2.75, 3.05) is 0 Å². The molecule has 26 radical (unpaired) electrons. The lowest BCUT2D eigenvalue weighted by Gasteiger charge is -2.29. The van der Waals surface area contributed by atoms with Gasteiger partial charge in [-0.3, -0.25) is 4.57 Å². The molecule has 0 saturated heterocycles. The maximum Gasteiger partial charge on any atom is 0.145 e. The van der Waals surface area contributed by atoms with Crippen LogP contribution in [-0.2, 0) is 0 Å². The van der Waals surface area contributed by atoms with Gasteiger partial charge < -0.3 is 0 Å². The molecule has 0 aliphatic heterocycles. The second-order valence-electron chi connectivity index (χ2n) is 16.3. The number of rotatable bonds is 6. The summed E-state index contributed by atoms with van der Waals surface area (Å²) in [5.41, 5.74) is 10.5. The summed E-state index contributed by atoms with van der Waals surface area (Å²) in [7, 11) is 87.7. The SMILES string of the molecule is [B]c1c([B])c([B])c(-n2c(-c3ccc(-c4c5c([B])c([B])c([B])c([B])c5c(-c5cc(-c6ccccc6)cc(-c6ccccc6)c5)c5c([B])c([B])c([B])c([B])c45)cc3)nc3ccccc32)c([B])c1[B]. The molecule has 10 rings (SSSR count). The highest BCUT2D eigenvalue weighted by Crippen LogP contribution is 2.43. The Bertz CT molecular complexity index is 3500. The molecule has 1 aromatic heterocycles. The lowest BCUT2D eigenvalue weighted by molar-refractivity contribution is 1.12. The van der Waals surface area contributed by atoms with Gasteiger partial charge in [0.2, 0.25) is 0 Å². The monoisotopic (exact) mass is 804 g/mol. The minimum Gasteiger partial charge on any atom is -0.294 e. The van der Waals surface area contributed by atoms with Gasteiger partial charge in [0.25, 0.3) is 0 Å². The van der Waals surface area contributed by atoms with Crippen molar-refractivity contribution in [3.8, 4) is 61.6 Å². The molecular formula is C51H21B13N2. The number of hydrogen-bond acceptors (Lipinski definition) is 1. The van der Waals surface area contributed by atoms with Crippen molar-refractivity contribution in [3.63, 3.8) is 0 Å². The van der Waals surface area contributed by atoms with Gasteiger partial charge in [-0.2, -0.15) is 0 Å². The molecule has 0 atom stereocenters. The molecule has 0 amide bonds. The van der Waals surface area contributed by atoms with E-state index in [1.54, 1.807) is 0 Å². The van der Waals surface area contributed by atoms with E-state index in [0.717, 1.165) is 27.8 Å². The first-order valence-electron chi connectivity index (χ1n) is 20.8. The van der Waals surface area contributed by atoms with Gasteiger partial charge in [0.1, 0.15) is 108 Å². The van der Waals surface area contributed by atoms with Crippen molar-refractivity contribution in [1.82, 2.24) is 9.55 Å². The van der Waals surface area contributed by atoms with Crippen LogP contribution in [-0.4, -0.2) is 112 Å². The van der Waals surface area contributed by atoms with Crippen LogP contribution >= 0.6 is 0 Å². The molecule has 0 aliphatic rings. The topological polar surface area (TPSA) is 17.8 Å². The van der Waals surface area contributed by atoms with Crippen LogP contribution in [0.3, 0.4) is 0 Å². The number of para-hydroxylation sites is 2. The number of benzene rings is 9. The van der Waals surface area contributed by atoms with E-state index in [2.05, 4.69) is 18.2 Å². The Morgan fingerprint density at radius 1 is 0.288 bits per heavy atom. The Morgan fingerprint density at radius 3 is 1.09 bits per heavy atom. The molecule has 0 unspecified atom stereocenters. The van der Waals surface area contributed by atoms with E-state index >= 15 is 0 Å². The molecule has 274 valence electrons. The first kappa shape index (κ1) is 43.7. The Hall–Kier alpha value is -6.19. The highest BCUT2D eigenvalue weighted by Gasteiger charge is 2.26. The molecule has 0 saturated carbocycles. The van der Waals surface area contributed by atoms with E-state index in [1.165, 1.54) is 0 Å². The summed E-state index contributed by atoms with van der Waals surface area (Å²) < 4.78 is 1.82. The first-order chi connectivity index (χ1) is 31.7. The largest absolute Gasteiger partial charge is 0.294 e. The second-order valence-corrected chi connectivity index (χ2v) is 16.3. The zero-order valence-corrected chi connectivity index (χ0v) is 35.5. The zero-order chi connectivity index (χ0) is 46.5. The summed E-state index contributed by atoms with van der Waals surface area (Å²) in [6, 6.07) is 41.5. The maximum absolute atomic E-state index is 7.14. The summed E-state index contributed by atoms with van der Waals surface area (Å²) in [5.74, 6) is 0.490. The molecule has 0 bridgehead atoms. The summed E-state index contributed by atoms with van der Waals surface area (Å²) in [4.78, 5) is 5.03. The van der Waals surface area contributed by atoms with Gasteiger partial charge in [-0.05, 0) is 96.4 Å². The van der Waals surface area contributed by atoms with Crippen LogP contribution in [0.2, 0.25) is 0 Å². The standard InChI is InChI=1S/C51H21B13N2/c52-37-33-31(24-15-17-25(18-16-24)51-65-29-13-7-8-14-30(29)66(51)50-48(63)46(61)45(60)47(62)49(50)64)34-36(40(55)44(59)42(57)38(34)53)32(35(33)39(54)43(58)41(37)56)28-20-26(22-9-3-1-4-10-22)19-27(21-28)23-11-5-2-6-12-23/h1-21H. The van der Waals surface area contributed by atoms with Crippen molar-refractivity contribution < 1.29 is 0 Å². The highest BCUT2D eigenvalue weighted by atomic mass is 15.1. The van der Waals surface area contributed by atoms with Gasteiger partial charge in [-0.15, -0.1) is 38.2 Å². The third kappa shape index (κ3) is 6.71. The summed E-state index contributed by atoms with van der Waals surface area (Å²) in [6.45, 7) is 0. The molecule has 1 heterocycles. The van der Waals surface area contributed by atoms with Crippen LogP contribution in [0.15, 0.2) is 127 Å². The van der Waals surface area contributed by atoms with Crippen LogP contribution in [0, 0.1) is 0 Å². The number of hydrogen-bond donors (Lipinski definition) is 0. The van der Waals surface area contributed by atoms with Gasteiger partial charge in [0.05, 0.1) is 11.0 Å². The summed E-state index contributed by atoms with van der Waals surface area (Å²) >= 11 is 0. The predicted octanol–water partition coefficient (Wildman–Crippen LogP) is -2.01. The minimum absolute atomic E-state index is 0.0969. The van der Waals surface area contributed by atoms with Crippen molar-refractivity contribution in [2.24, 2.45) is 0 Å². The first-order valence-corrected chi connectivity index (χ1v) is 20.8. The van der Waals surface area contributed by atoms with E-state index in [-0.39, 0.29) is 71.0 Å². The van der Waals surface area contributed by atoms with E-state index < -0.39 is 0 Å². The summed E-state index contributed by atoms with van der Waals surface area (Å²) in [6.07, 6.45) is 0. The second kappa shape index (κ2) is 16.6. The molecule has 15 heteroatoms. The van der Waals surface area contributed by atoms with Crippen molar-refractivity contribution >= 4 is 206 Å². The molecule has 0 spiro atoms. The maximum atomic E-state index is 7.14. The van der Waals surface area contributed by atoms with Crippen LogP contribution in [0.4, 0.5) is 0 Å². The molecule has 2 nitrogen and oxygen atoms in total. The Balaban J connectivity index is 1.31. The third-order valence-corrected chi connectivity index (χ3v) is 12.6. The molecule has 10 aromatic rings. The van der Waals surface area contributed by atoms with Crippen LogP contribution in [0.5, 0.6) is 0 Å². The van der Waals surface area contributed by atoms with Crippen LogP contribution < -0.4 is 71.0 Å². The molecule has 9 aromatic carbocycles. The quantitative estimate of drug-likeness (QED) is 0.141. The Morgan fingerprint density at radius 2 is 0.636 bits per heavy atom. The summed E-state index contributed by atoms with van der Waals surface area (Å²) in [5, 5.41) is 1.96. The number of aromatic nitrogens is 2. The normalized spacial score (nSPS) is 11.5. The van der Waals surface area contributed by atoms with E-state index in [4.69, 9.17) is 107 Å². The molecule has 0 fully saturated rings. The molecular weight excluding hydrogens is 781 g/mol. The van der Waals surface area contributed by atoms with E-state index in [0.29, 0.717) is 66.3 Å². The minimum atomic E-state index is 0.0969. The number of fused-ring (bicyclic) bond motifs is 3. The van der Waals surface area contributed by atoms with E-state index in [9.17, 15) is 0 Å². The van der Waals surface area contributed by atoms with Crippen LogP contribution in [0.1, 0.15) is 0 Å². The Kier molecular flexibility index (Phi) is 11.0. The third-order valence-electron chi connectivity index (χ3n) is 12.6. The number of imidazole rings is 1. The zero-order valence-electron chi connectivity index (χ0n) is 35.5. The number of nitrogens with zero attached hydrogens (tertiary/aromatic N) is 2. The van der Waals surface area contributed by atoms with Gasteiger partial charge in [0, 0.05) is 11.3 Å². The van der Waals surface area contributed by atoms with Gasteiger partial charge in [0.15, 0.2) is 0 Å². The molecule has 0 N–H and O–H groups in total. The lowest BCUT2D eigenvalue weighted by Crippen LogP contribution is -2.56. The average Bonchev–Trinajstić information content (AvgIpc) is 3.73. The van der Waals surface area contributed by atoms with Gasteiger partial charge in [-0.1, -0.05) is 130 Å². The molecule has 0 aliphatic carbocycles. The van der Waals surface area contributed by atoms with Gasteiger partial charge >= 0.3 is 0 Å². The average molecular weight is 802 g/mol. The Labute approximate surface area is 401 Å². The predicted molar refractivity (Wildman–Crippen MR) is 293 cm³/mol. The van der Waals surface area contributed by atoms with Crippen molar-refractivity contribution in [3.05, 3.63) is 127 Å².